The minimum Gasteiger partial charge on any atom is -0.338 e. The minimum absolute atomic E-state index is 0. The van der Waals surface area contributed by atoms with Gasteiger partial charge in [0.05, 0.1) is 10.6 Å². The van der Waals surface area contributed by atoms with Gasteiger partial charge < -0.3 is 10.2 Å². The summed E-state index contributed by atoms with van der Waals surface area (Å²) in [5, 5.41) is 4.92. The Hall–Kier alpha value is -1.83. The van der Waals surface area contributed by atoms with Crippen molar-refractivity contribution in [2.45, 2.75) is 37.1 Å². The largest absolute Gasteiger partial charge is 0.338 e. The molecule has 2 aliphatic heterocycles. The van der Waals surface area contributed by atoms with Crippen LogP contribution in [0.15, 0.2) is 41.3 Å². The summed E-state index contributed by atoms with van der Waals surface area (Å²) in [6, 6.07) is 11.0. The second-order valence-electron chi connectivity index (χ2n) is 7.21. The molecule has 2 aromatic carbocycles. The SMILES string of the molecule is CCCN(C(=O)CN1c2cccc3cccc(c23)S1(=O)=O)C1CCNCC1.Cl. The number of sulfonamides is 1. The van der Waals surface area contributed by atoms with Crippen molar-refractivity contribution in [2.75, 3.05) is 30.5 Å². The highest BCUT2D eigenvalue weighted by Crippen LogP contribution is 2.41. The third kappa shape index (κ3) is 3.47. The molecule has 1 N–H and O–H groups in total. The maximum absolute atomic E-state index is 13.1. The number of hydrogen-bond donors (Lipinski definition) is 1. The van der Waals surface area contributed by atoms with Gasteiger partial charge in [-0.3, -0.25) is 9.10 Å². The second kappa shape index (κ2) is 8.27. The van der Waals surface area contributed by atoms with E-state index in [4.69, 9.17) is 0 Å². The number of carbonyl (C=O) groups is 1. The van der Waals surface area contributed by atoms with Gasteiger partial charge in [0.25, 0.3) is 10.0 Å². The molecule has 1 fully saturated rings. The van der Waals surface area contributed by atoms with Crippen LogP contribution in [-0.4, -0.2) is 51.4 Å². The van der Waals surface area contributed by atoms with E-state index in [2.05, 4.69) is 5.32 Å². The lowest BCUT2D eigenvalue weighted by molar-refractivity contribution is -0.132. The first-order chi connectivity index (χ1) is 13.0. The zero-order valence-electron chi connectivity index (χ0n) is 15.9. The lowest BCUT2D eigenvalue weighted by Gasteiger charge is -2.35. The smallest absolute Gasteiger partial charge is 0.265 e. The van der Waals surface area contributed by atoms with E-state index in [-0.39, 0.29) is 30.9 Å². The average Bonchev–Trinajstić information content (AvgIpc) is 2.90. The molecule has 8 heteroatoms. The maximum Gasteiger partial charge on any atom is 0.265 e. The Morgan fingerprint density at radius 1 is 1.18 bits per heavy atom. The Balaban J connectivity index is 0.00000225. The van der Waals surface area contributed by atoms with E-state index < -0.39 is 10.0 Å². The topological polar surface area (TPSA) is 69.7 Å². The molecule has 152 valence electrons. The summed E-state index contributed by atoms with van der Waals surface area (Å²) >= 11 is 0. The van der Waals surface area contributed by atoms with E-state index in [1.807, 2.05) is 30.0 Å². The molecule has 0 atom stereocenters. The molecule has 1 saturated heterocycles. The van der Waals surface area contributed by atoms with E-state index in [1.165, 1.54) is 4.31 Å². The van der Waals surface area contributed by atoms with Crippen molar-refractivity contribution in [3.05, 3.63) is 36.4 Å². The number of carbonyl (C=O) groups excluding carboxylic acids is 1. The summed E-state index contributed by atoms with van der Waals surface area (Å²) in [6.07, 6.45) is 2.68. The summed E-state index contributed by atoms with van der Waals surface area (Å²) in [5.74, 6) is -0.114. The zero-order chi connectivity index (χ0) is 19.0. The fourth-order valence-electron chi connectivity index (χ4n) is 4.21. The fourth-order valence-corrected chi connectivity index (χ4v) is 5.87. The van der Waals surface area contributed by atoms with Crippen LogP contribution in [0.1, 0.15) is 26.2 Å². The number of benzene rings is 2. The lowest BCUT2D eigenvalue weighted by Crippen LogP contribution is -2.50. The van der Waals surface area contributed by atoms with Crippen LogP contribution in [0.25, 0.3) is 10.8 Å². The molecule has 0 bridgehead atoms. The third-order valence-electron chi connectivity index (χ3n) is 5.49. The highest BCUT2D eigenvalue weighted by molar-refractivity contribution is 7.93. The van der Waals surface area contributed by atoms with E-state index in [9.17, 15) is 13.2 Å². The summed E-state index contributed by atoms with van der Waals surface area (Å²) in [4.78, 5) is 15.3. The number of amides is 1. The van der Waals surface area contributed by atoms with E-state index >= 15 is 0 Å². The Bertz CT molecular complexity index is 969. The molecule has 28 heavy (non-hydrogen) atoms. The number of piperidine rings is 1. The van der Waals surface area contributed by atoms with Crippen LogP contribution in [0, 0.1) is 0 Å². The maximum atomic E-state index is 13.1. The first-order valence-corrected chi connectivity index (χ1v) is 11.0. The molecule has 0 unspecified atom stereocenters. The van der Waals surface area contributed by atoms with Gasteiger partial charge in [-0.2, -0.15) is 0 Å². The highest BCUT2D eigenvalue weighted by Gasteiger charge is 2.38. The van der Waals surface area contributed by atoms with Gasteiger partial charge in [0.1, 0.15) is 6.54 Å². The van der Waals surface area contributed by atoms with Crippen molar-refractivity contribution in [2.24, 2.45) is 0 Å². The van der Waals surface area contributed by atoms with Gasteiger partial charge in [0.2, 0.25) is 5.91 Å². The Kier molecular flexibility index (Phi) is 6.17. The van der Waals surface area contributed by atoms with E-state index in [0.717, 1.165) is 43.1 Å². The van der Waals surface area contributed by atoms with Crippen molar-refractivity contribution < 1.29 is 13.2 Å². The quantitative estimate of drug-likeness (QED) is 0.802. The third-order valence-corrected chi connectivity index (χ3v) is 7.30. The standard InChI is InChI=1S/C20H25N3O3S.ClH/c1-2-13-22(16-9-11-21-12-10-16)19(24)14-23-17-7-3-5-15-6-4-8-18(20(15)17)27(23,25)26;/h3-8,16,21H,2,9-14H2,1H3;1H. The van der Waals surface area contributed by atoms with Gasteiger partial charge in [-0.25, -0.2) is 8.42 Å². The zero-order valence-corrected chi connectivity index (χ0v) is 17.6. The number of nitrogens with zero attached hydrogens (tertiary/aromatic N) is 2. The Labute approximate surface area is 172 Å². The molecule has 0 spiro atoms. The first-order valence-electron chi connectivity index (χ1n) is 9.58. The summed E-state index contributed by atoms with van der Waals surface area (Å²) in [5.41, 5.74) is 0.609. The Morgan fingerprint density at radius 2 is 1.86 bits per heavy atom. The molecular formula is C20H26ClN3O3S. The van der Waals surface area contributed by atoms with Crippen molar-refractivity contribution >= 4 is 44.8 Å². The van der Waals surface area contributed by atoms with Gasteiger partial charge in [0.15, 0.2) is 0 Å². The highest BCUT2D eigenvalue weighted by atomic mass is 35.5. The normalized spacial score (nSPS) is 18.1. The molecule has 4 rings (SSSR count). The van der Waals surface area contributed by atoms with Crippen molar-refractivity contribution in [1.29, 1.82) is 0 Å². The van der Waals surface area contributed by atoms with Crippen molar-refractivity contribution in [1.82, 2.24) is 10.2 Å². The summed E-state index contributed by atoms with van der Waals surface area (Å²) in [7, 11) is -3.70. The average molecular weight is 424 g/mol. The van der Waals surface area contributed by atoms with Gasteiger partial charge in [-0.05, 0) is 49.9 Å². The van der Waals surface area contributed by atoms with Crippen LogP contribution in [0.5, 0.6) is 0 Å². The number of hydrogen-bond acceptors (Lipinski definition) is 4. The molecule has 0 aliphatic carbocycles. The molecule has 0 aromatic heterocycles. The summed E-state index contributed by atoms with van der Waals surface area (Å²) in [6.45, 7) is 4.36. The van der Waals surface area contributed by atoms with Crippen LogP contribution < -0.4 is 9.62 Å². The first kappa shape index (κ1) is 20.9. The number of anilines is 1. The minimum atomic E-state index is -3.70. The van der Waals surface area contributed by atoms with Crippen LogP contribution in [0.2, 0.25) is 0 Å². The summed E-state index contributed by atoms with van der Waals surface area (Å²) < 4.78 is 27.5. The molecule has 2 heterocycles. The van der Waals surface area contributed by atoms with Gasteiger partial charge >= 0.3 is 0 Å². The molecule has 0 saturated carbocycles. The predicted octanol–water partition coefficient (Wildman–Crippen LogP) is 2.76. The molecule has 0 radical (unpaired) electrons. The second-order valence-corrected chi connectivity index (χ2v) is 9.04. The van der Waals surface area contributed by atoms with Crippen LogP contribution >= 0.6 is 12.4 Å². The van der Waals surface area contributed by atoms with Crippen LogP contribution in [0.3, 0.4) is 0 Å². The fraction of sp³-hybridized carbons (Fsp3) is 0.450. The number of nitrogens with one attached hydrogen (secondary N) is 1. The molecule has 2 aliphatic rings. The molecule has 2 aromatic rings. The Morgan fingerprint density at radius 3 is 2.54 bits per heavy atom. The predicted molar refractivity (Wildman–Crippen MR) is 114 cm³/mol. The van der Waals surface area contributed by atoms with Gasteiger partial charge in [0, 0.05) is 18.0 Å². The van der Waals surface area contributed by atoms with Crippen molar-refractivity contribution in [3.63, 3.8) is 0 Å². The van der Waals surface area contributed by atoms with E-state index in [0.29, 0.717) is 17.1 Å². The van der Waals surface area contributed by atoms with Crippen molar-refractivity contribution in [3.8, 4) is 0 Å². The van der Waals surface area contributed by atoms with Gasteiger partial charge in [-0.1, -0.05) is 31.2 Å². The monoisotopic (exact) mass is 423 g/mol. The molecule has 1 amide bonds. The lowest BCUT2D eigenvalue weighted by atomic mass is 10.0. The van der Waals surface area contributed by atoms with Crippen LogP contribution in [-0.2, 0) is 14.8 Å². The van der Waals surface area contributed by atoms with Crippen LogP contribution in [0.4, 0.5) is 5.69 Å². The number of rotatable bonds is 5. The molecule has 6 nitrogen and oxygen atoms in total. The number of halogens is 1. The van der Waals surface area contributed by atoms with E-state index in [1.54, 1.807) is 18.2 Å². The van der Waals surface area contributed by atoms with Gasteiger partial charge in [-0.15, -0.1) is 12.4 Å². The molecular weight excluding hydrogens is 398 g/mol.